The normalized spacial score (nSPS) is 13.0. The maximum Gasteiger partial charge on any atom is 0.0938 e. The van der Waals surface area contributed by atoms with E-state index in [0.717, 1.165) is 10.4 Å². The minimum absolute atomic E-state index is 0.540. The van der Waals surface area contributed by atoms with Crippen molar-refractivity contribution in [1.29, 1.82) is 0 Å². The Balaban J connectivity index is 2.10. The molecule has 0 radical (unpaired) electrons. The number of nitrogens with zero attached hydrogens (tertiary/aromatic N) is 2. The summed E-state index contributed by atoms with van der Waals surface area (Å²) in [5.41, 5.74) is 1.01. The molecule has 2 heterocycles. The number of aryl methyl sites for hydroxylation is 1. The van der Waals surface area contributed by atoms with E-state index >= 15 is 0 Å². The smallest absolute Gasteiger partial charge is 0.0938 e. The first kappa shape index (κ1) is 10.7. The maximum atomic E-state index is 9.94. The van der Waals surface area contributed by atoms with Crippen molar-refractivity contribution in [2.24, 2.45) is 7.05 Å². The molecule has 15 heavy (non-hydrogen) atoms. The fourth-order valence-electron chi connectivity index (χ4n) is 1.44. The first-order valence-electron chi connectivity index (χ1n) is 4.55. The predicted octanol–water partition coefficient (Wildman–Crippen LogP) is 2.41. The lowest BCUT2D eigenvalue weighted by Gasteiger charge is -2.07. The first-order chi connectivity index (χ1) is 7.16. The summed E-state index contributed by atoms with van der Waals surface area (Å²) in [7, 11) is 1.86. The molecule has 2 rings (SSSR count). The average molecular weight is 243 g/mol. The van der Waals surface area contributed by atoms with Gasteiger partial charge in [-0.1, -0.05) is 11.6 Å². The van der Waals surface area contributed by atoms with E-state index < -0.39 is 6.10 Å². The van der Waals surface area contributed by atoms with Crippen LogP contribution in [-0.2, 0) is 13.5 Å². The number of aliphatic hydroxyl groups excluding tert-OH is 1. The predicted molar refractivity (Wildman–Crippen MR) is 61.2 cm³/mol. The van der Waals surface area contributed by atoms with Gasteiger partial charge in [0.2, 0.25) is 0 Å². The SMILES string of the molecule is Cn1cc(CC(O)c2sccc2Cl)cn1. The number of thiophene rings is 1. The number of aliphatic hydroxyl groups is 1. The van der Waals surface area contributed by atoms with Crippen molar-refractivity contribution in [2.75, 3.05) is 0 Å². The van der Waals surface area contributed by atoms with Crippen molar-refractivity contribution in [3.05, 3.63) is 39.3 Å². The van der Waals surface area contributed by atoms with Crippen LogP contribution >= 0.6 is 22.9 Å². The summed E-state index contributed by atoms with van der Waals surface area (Å²) in [5, 5.41) is 16.5. The van der Waals surface area contributed by atoms with Gasteiger partial charge in [0.25, 0.3) is 0 Å². The Morgan fingerprint density at radius 2 is 2.47 bits per heavy atom. The second kappa shape index (κ2) is 4.35. The van der Waals surface area contributed by atoms with E-state index in [1.165, 1.54) is 11.3 Å². The molecule has 0 spiro atoms. The topological polar surface area (TPSA) is 38.0 Å². The molecule has 0 saturated carbocycles. The summed E-state index contributed by atoms with van der Waals surface area (Å²) in [6.07, 6.45) is 3.66. The van der Waals surface area contributed by atoms with Gasteiger partial charge in [0.05, 0.1) is 22.2 Å². The average Bonchev–Trinajstić information content (AvgIpc) is 2.75. The highest BCUT2D eigenvalue weighted by Gasteiger charge is 2.14. The molecule has 1 unspecified atom stereocenters. The lowest BCUT2D eigenvalue weighted by Crippen LogP contribution is -1.99. The zero-order valence-electron chi connectivity index (χ0n) is 8.22. The summed E-state index contributed by atoms with van der Waals surface area (Å²) < 4.78 is 1.72. The molecule has 1 N–H and O–H groups in total. The van der Waals surface area contributed by atoms with Crippen LogP contribution in [0.2, 0.25) is 5.02 Å². The second-order valence-electron chi connectivity index (χ2n) is 3.37. The Labute approximate surface area is 96.9 Å². The summed E-state index contributed by atoms with van der Waals surface area (Å²) in [6, 6.07) is 1.80. The van der Waals surface area contributed by atoms with Crippen molar-refractivity contribution in [2.45, 2.75) is 12.5 Å². The number of rotatable bonds is 3. The van der Waals surface area contributed by atoms with Crippen LogP contribution < -0.4 is 0 Å². The fraction of sp³-hybridized carbons (Fsp3) is 0.300. The molecule has 0 fully saturated rings. The van der Waals surface area contributed by atoms with Crippen molar-refractivity contribution >= 4 is 22.9 Å². The molecule has 0 aliphatic heterocycles. The Bertz CT molecular complexity index is 452. The molecule has 1 atom stereocenters. The van der Waals surface area contributed by atoms with Gasteiger partial charge in [0, 0.05) is 19.7 Å². The summed E-state index contributed by atoms with van der Waals surface area (Å²) in [6.45, 7) is 0. The third-order valence-electron chi connectivity index (χ3n) is 2.13. The van der Waals surface area contributed by atoms with Gasteiger partial charge in [-0.05, 0) is 17.0 Å². The van der Waals surface area contributed by atoms with E-state index in [9.17, 15) is 5.11 Å². The summed E-state index contributed by atoms with van der Waals surface area (Å²) in [5.74, 6) is 0. The van der Waals surface area contributed by atoms with E-state index in [2.05, 4.69) is 5.10 Å². The summed E-state index contributed by atoms with van der Waals surface area (Å²) in [4.78, 5) is 0.820. The molecule has 5 heteroatoms. The molecule has 2 aromatic heterocycles. The highest BCUT2D eigenvalue weighted by Crippen LogP contribution is 2.30. The molecule has 0 bridgehead atoms. The highest BCUT2D eigenvalue weighted by molar-refractivity contribution is 7.10. The molecule has 0 aliphatic rings. The van der Waals surface area contributed by atoms with Gasteiger partial charge < -0.3 is 5.11 Å². The van der Waals surface area contributed by atoms with E-state index in [-0.39, 0.29) is 0 Å². The molecular weight excluding hydrogens is 232 g/mol. The molecule has 0 amide bonds. The number of aromatic nitrogens is 2. The molecule has 0 saturated heterocycles. The zero-order valence-corrected chi connectivity index (χ0v) is 9.79. The van der Waals surface area contributed by atoms with Crippen LogP contribution in [0, 0.1) is 0 Å². The minimum Gasteiger partial charge on any atom is -0.387 e. The van der Waals surface area contributed by atoms with E-state index in [1.54, 1.807) is 16.9 Å². The van der Waals surface area contributed by atoms with Crippen LogP contribution in [0.25, 0.3) is 0 Å². The maximum absolute atomic E-state index is 9.94. The lowest BCUT2D eigenvalue weighted by atomic mass is 10.1. The van der Waals surface area contributed by atoms with Gasteiger partial charge in [-0.2, -0.15) is 5.10 Å². The monoisotopic (exact) mass is 242 g/mol. The summed E-state index contributed by atoms with van der Waals surface area (Å²) >= 11 is 7.41. The largest absolute Gasteiger partial charge is 0.387 e. The Kier molecular flexibility index (Phi) is 3.09. The van der Waals surface area contributed by atoms with Crippen molar-refractivity contribution < 1.29 is 5.11 Å². The molecule has 0 aromatic carbocycles. The fourth-order valence-corrected chi connectivity index (χ4v) is 2.61. The van der Waals surface area contributed by atoms with E-state index in [1.807, 2.05) is 18.6 Å². The van der Waals surface area contributed by atoms with Gasteiger partial charge >= 0.3 is 0 Å². The van der Waals surface area contributed by atoms with E-state index in [0.29, 0.717) is 11.4 Å². The molecule has 3 nitrogen and oxygen atoms in total. The van der Waals surface area contributed by atoms with Crippen LogP contribution in [-0.4, -0.2) is 14.9 Å². The van der Waals surface area contributed by atoms with Crippen LogP contribution in [0.3, 0.4) is 0 Å². The zero-order chi connectivity index (χ0) is 10.8. The van der Waals surface area contributed by atoms with Gasteiger partial charge in [0.15, 0.2) is 0 Å². The third-order valence-corrected chi connectivity index (χ3v) is 3.59. The third kappa shape index (κ3) is 2.40. The Morgan fingerprint density at radius 3 is 3.00 bits per heavy atom. The van der Waals surface area contributed by atoms with E-state index in [4.69, 9.17) is 11.6 Å². The van der Waals surface area contributed by atoms with Crippen molar-refractivity contribution in [3.8, 4) is 0 Å². The van der Waals surface area contributed by atoms with Crippen LogP contribution in [0.1, 0.15) is 16.5 Å². The molecular formula is C10H11ClN2OS. The van der Waals surface area contributed by atoms with Crippen molar-refractivity contribution in [1.82, 2.24) is 9.78 Å². The van der Waals surface area contributed by atoms with Crippen LogP contribution in [0.4, 0.5) is 0 Å². The molecule has 0 aliphatic carbocycles. The number of hydrogen-bond acceptors (Lipinski definition) is 3. The number of halogens is 1. The van der Waals surface area contributed by atoms with Gasteiger partial charge in [0.1, 0.15) is 0 Å². The van der Waals surface area contributed by atoms with Crippen LogP contribution in [0.5, 0.6) is 0 Å². The Hall–Kier alpha value is -0.840. The van der Waals surface area contributed by atoms with Crippen LogP contribution in [0.15, 0.2) is 23.8 Å². The van der Waals surface area contributed by atoms with Gasteiger partial charge in [-0.25, -0.2) is 0 Å². The standard InChI is InChI=1S/C10H11ClN2OS/c1-13-6-7(5-12-13)4-9(14)10-8(11)2-3-15-10/h2-3,5-6,9,14H,4H2,1H3. The molecule has 2 aromatic rings. The lowest BCUT2D eigenvalue weighted by molar-refractivity contribution is 0.182. The highest BCUT2D eigenvalue weighted by atomic mass is 35.5. The van der Waals surface area contributed by atoms with Gasteiger partial charge in [-0.3, -0.25) is 4.68 Å². The quantitative estimate of drug-likeness (QED) is 0.898. The second-order valence-corrected chi connectivity index (χ2v) is 4.73. The Morgan fingerprint density at radius 1 is 1.67 bits per heavy atom. The first-order valence-corrected chi connectivity index (χ1v) is 5.81. The molecule has 80 valence electrons. The number of hydrogen-bond donors (Lipinski definition) is 1. The minimum atomic E-state index is -0.540. The van der Waals surface area contributed by atoms with Gasteiger partial charge in [-0.15, -0.1) is 11.3 Å². The van der Waals surface area contributed by atoms with Crippen molar-refractivity contribution in [3.63, 3.8) is 0 Å².